The van der Waals surface area contributed by atoms with E-state index in [2.05, 4.69) is 29.2 Å². The lowest BCUT2D eigenvalue weighted by molar-refractivity contribution is -0.136. The third-order valence-electron chi connectivity index (χ3n) is 2.31. The topological polar surface area (TPSA) is 53.1 Å². The van der Waals surface area contributed by atoms with E-state index in [9.17, 15) is 4.79 Å². The van der Waals surface area contributed by atoms with Crippen LogP contribution in [0.15, 0.2) is 46.3 Å². The minimum Gasteiger partial charge on any atom is -0.481 e. The molecule has 0 radical (unpaired) electrons. The monoisotopic (exact) mass is 247 g/mol. The molecule has 0 saturated heterocycles. The highest BCUT2D eigenvalue weighted by atomic mass is 32.2. The number of aromatic nitrogens is 1. The Morgan fingerprint density at radius 1 is 1.24 bits per heavy atom. The van der Waals surface area contributed by atoms with Gasteiger partial charge in [0.1, 0.15) is 0 Å². The summed E-state index contributed by atoms with van der Waals surface area (Å²) in [6.45, 7) is 2.05. The number of benzene rings is 1. The predicted molar refractivity (Wildman–Crippen MR) is 67.4 cm³/mol. The van der Waals surface area contributed by atoms with E-state index in [1.54, 1.807) is 11.8 Å². The molecule has 0 aliphatic heterocycles. The quantitative estimate of drug-likeness (QED) is 0.872. The first-order chi connectivity index (χ1) is 8.13. The number of carbonyl (C=O) groups is 1. The second-order valence-corrected chi connectivity index (χ2v) is 4.95. The number of rotatable bonds is 4. The SMILES string of the molecule is Cc1ccc(Sc2ccc(CC(=O)O)[nH]2)cc1. The van der Waals surface area contributed by atoms with E-state index in [1.165, 1.54) is 5.56 Å². The number of carboxylic acid groups (broad SMARTS) is 1. The van der Waals surface area contributed by atoms with E-state index >= 15 is 0 Å². The van der Waals surface area contributed by atoms with Crippen molar-refractivity contribution in [3.05, 3.63) is 47.7 Å². The summed E-state index contributed by atoms with van der Waals surface area (Å²) < 4.78 is 0. The molecule has 0 aliphatic carbocycles. The van der Waals surface area contributed by atoms with Crippen LogP contribution >= 0.6 is 11.8 Å². The molecule has 1 aromatic carbocycles. The fourth-order valence-electron chi connectivity index (χ4n) is 1.48. The number of aliphatic carboxylic acids is 1. The van der Waals surface area contributed by atoms with Crippen molar-refractivity contribution in [2.45, 2.75) is 23.3 Å². The Hall–Kier alpha value is -1.68. The van der Waals surface area contributed by atoms with Crippen molar-refractivity contribution in [2.75, 3.05) is 0 Å². The zero-order valence-corrected chi connectivity index (χ0v) is 10.3. The second-order valence-electron chi connectivity index (χ2n) is 3.83. The summed E-state index contributed by atoms with van der Waals surface area (Å²) in [7, 11) is 0. The van der Waals surface area contributed by atoms with Crippen LogP contribution in [0.2, 0.25) is 0 Å². The van der Waals surface area contributed by atoms with E-state index in [4.69, 9.17) is 5.11 Å². The molecular formula is C13H13NO2S. The van der Waals surface area contributed by atoms with Crippen LogP contribution in [-0.4, -0.2) is 16.1 Å². The molecule has 1 aromatic heterocycles. The molecule has 0 atom stereocenters. The maximum atomic E-state index is 10.5. The summed E-state index contributed by atoms with van der Waals surface area (Å²) in [6, 6.07) is 11.9. The summed E-state index contributed by atoms with van der Waals surface area (Å²) in [5.41, 5.74) is 1.96. The maximum absolute atomic E-state index is 10.5. The average molecular weight is 247 g/mol. The van der Waals surface area contributed by atoms with Crippen molar-refractivity contribution in [1.29, 1.82) is 0 Å². The van der Waals surface area contributed by atoms with E-state index < -0.39 is 5.97 Å². The highest BCUT2D eigenvalue weighted by Crippen LogP contribution is 2.27. The molecule has 1 heterocycles. The number of hydrogen-bond acceptors (Lipinski definition) is 2. The van der Waals surface area contributed by atoms with Gasteiger partial charge in [-0.2, -0.15) is 0 Å². The standard InChI is InChI=1S/C13H13NO2S/c1-9-2-5-11(6-3-9)17-12-7-4-10(14-12)8-13(15)16/h2-7,14H,8H2,1H3,(H,15,16). The third-order valence-corrected chi connectivity index (χ3v) is 3.28. The fourth-order valence-corrected chi connectivity index (χ4v) is 2.32. The Kier molecular flexibility index (Phi) is 3.54. The van der Waals surface area contributed by atoms with Crippen LogP contribution in [0.25, 0.3) is 0 Å². The molecule has 0 aliphatic rings. The van der Waals surface area contributed by atoms with E-state index in [0.29, 0.717) is 0 Å². The van der Waals surface area contributed by atoms with Gasteiger partial charge in [0, 0.05) is 10.6 Å². The number of H-pyrrole nitrogens is 1. The first-order valence-corrected chi connectivity index (χ1v) is 6.09. The molecular weight excluding hydrogens is 234 g/mol. The van der Waals surface area contributed by atoms with Crippen molar-refractivity contribution in [3.8, 4) is 0 Å². The molecule has 4 heteroatoms. The van der Waals surface area contributed by atoms with E-state index in [0.717, 1.165) is 15.6 Å². The van der Waals surface area contributed by atoms with Crippen molar-refractivity contribution in [2.24, 2.45) is 0 Å². The lowest BCUT2D eigenvalue weighted by Gasteiger charge is -1.99. The van der Waals surface area contributed by atoms with Crippen LogP contribution in [0.3, 0.4) is 0 Å². The van der Waals surface area contributed by atoms with Crippen LogP contribution in [0.5, 0.6) is 0 Å². The average Bonchev–Trinajstić information content (AvgIpc) is 2.68. The van der Waals surface area contributed by atoms with Crippen LogP contribution in [0.4, 0.5) is 0 Å². The predicted octanol–water partition coefficient (Wildman–Crippen LogP) is 3.10. The van der Waals surface area contributed by atoms with Gasteiger partial charge < -0.3 is 10.1 Å². The lowest BCUT2D eigenvalue weighted by atomic mass is 10.2. The molecule has 0 amide bonds. The van der Waals surface area contributed by atoms with E-state index in [1.807, 2.05) is 19.1 Å². The summed E-state index contributed by atoms with van der Waals surface area (Å²) in [4.78, 5) is 14.8. The highest BCUT2D eigenvalue weighted by Gasteiger charge is 2.04. The Morgan fingerprint density at radius 2 is 1.94 bits per heavy atom. The zero-order valence-electron chi connectivity index (χ0n) is 9.43. The number of hydrogen-bond donors (Lipinski definition) is 2. The van der Waals surface area contributed by atoms with Crippen LogP contribution in [0, 0.1) is 6.92 Å². The number of nitrogens with one attached hydrogen (secondary N) is 1. The van der Waals surface area contributed by atoms with E-state index in [-0.39, 0.29) is 6.42 Å². The number of aryl methyl sites for hydroxylation is 1. The largest absolute Gasteiger partial charge is 0.481 e. The molecule has 0 fully saturated rings. The fraction of sp³-hybridized carbons (Fsp3) is 0.154. The Morgan fingerprint density at radius 3 is 2.59 bits per heavy atom. The summed E-state index contributed by atoms with van der Waals surface area (Å²) in [6.07, 6.45) is 0.0362. The van der Waals surface area contributed by atoms with Gasteiger partial charge in [-0.25, -0.2) is 0 Å². The minimum absolute atomic E-state index is 0.0362. The third kappa shape index (κ3) is 3.39. The van der Waals surface area contributed by atoms with Gasteiger partial charge in [-0.15, -0.1) is 0 Å². The van der Waals surface area contributed by atoms with Gasteiger partial charge in [-0.05, 0) is 31.2 Å². The summed E-state index contributed by atoms with van der Waals surface area (Å²) in [5, 5.41) is 9.63. The van der Waals surface area contributed by atoms with Crippen LogP contribution in [-0.2, 0) is 11.2 Å². The molecule has 88 valence electrons. The van der Waals surface area contributed by atoms with Gasteiger partial charge in [0.15, 0.2) is 0 Å². The van der Waals surface area contributed by atoms with Gasteiger partial charge in [-0.1, -0.05) is 29.5 Å². The molecule has 0 saturated carbocycles. The number of carboxylic acids is 1. The van der Waals surface area contributed by atoms with Gasteiger partial charge in [0.25, 0.3) is 0 Å². The van der Waals surface area contributed by atoms with Crippen molar-refractivity contribution in [3.63, 3.8) is 0 Å². The Bertz CT molecular complexity index is 516. The molecule has 17 heavy (non-hydrogen) atoms. The molecule has 0 bridgehead atoms. The second kappa shape index (κ2) is 5.10. The van der Waals surface area contributed by atoms with Crippen LogP contribution in [0.1, 0.15) is 11.3 Å². The van der Waals surface area contributed by atoms with Gasteiger partial charge in [-0.3, -0.25) is 4.79 Å². The zero-order chi connectivity index (χ0) is 12.3. The normalized spacial score (nSPS) is 10.4. The molecule has 2 N–H and O–H groups in total. The Labute approximate surface area is 104 Å². The molecule has 0 spiro atoms. The molecule has 2 aromatic rings. The van der Waals surface area contributed by atoms with Crippen molar-refractivity contribution >= 4 is 17.7 Å². The van der Waals surface area contributed by atoms with Gasteiger partial charge >= 0.3 is 5.97 Å². The highest BCUT2D eigenvalue weighted by molar-refractivity contribution is 7.99. The van der Waals surface area contributed by atoms with Gasteiger partial charge in [0.2, 0.25) is 0 Å². The smallest absolute Gasteiger partial charge is 0.309 e. The van der Waals surface area contributed by atoms with Crippen molar-refractivity contribution < 1.29 is 9.90 Å². The number of aromatic amines is 1. The lowest BCUT2D eigenvalue weighted by Crippen LogP contribution is -1.99. The maximum Gasteiger partial charge on any atom is 0.309 e. The first kappa shape index (κ1) is 11.8. The molecule has 3 nitrogen and oxygen atoms in total. The molecule has 0 unspecified atom stereocenters. The summed E-state index contributed by atoms with van der Waals surface area (Å²) >= 11 is 1.60. The summed E-state index contributed by atoms with van der Waals surface area (Å²) in [5.74, 6) is -0.821. The Balaban J connectivity index is 2.06. The van der Waals surface area contributed by atoms with Gasteiger partial charge in [0.05, 0.1) is 11.4 Å². The minimum atomic E-state index is -0.821. The molecule has 2 rings (SSSR count). The van der Waals surface area contributed by atoms with Crippen molar-refractivity contribution in [1.82, 2.24) is 4.98 Å². The van der Waals surface area contributed by atoms with Crippen LogP contribution < -0.4 is 0 Å². The first-order valence-electron chi connectivity index (χ1n) is 5.28.